The third kappa shape index (κ3) is 3.62. The lowest BCUT2D eigenvalue weighted by molar-refractivity contribution is 0.0469. The molecule has 21 heavy (non-hydrogen) atoms. The van der Waals surface area contributed by atoms with E-state index in [1.165, 1.54) is 71.4 Å². The Balaban J connectivity index is 1.56. The summed E-state index contributed by atoms with van der Waals surface area (Å²) in [5.41, 5.74) is 0.399. The van der Waals surface area contributed by atoms with Crippen molar-refractivity contribution in [1.29, 1.82) is 0 Å². The number of piperazine rings is 1. The summed E-state index contributed by atoms with van der Waals surface area (Å²) in [5.74, 6) is 1.88. The quantitative estimate of drug-likeness (QED) is 0.840. The van der Waals surface area contributed by atoms with Gasteiger partial charge in [0.2, 0.25) is 0 Å². The van der Waals surface area contributed by atoms with Crippen molar-refractivity contribution in [3.05, 3.63) is 0 Å². The molecule has 122 valence electrons. The number of rotatable bonds is 5. The fraction of sp³-hybridized carbons (Fsp3) is 1.00. The Hall–Kier alpha value is -0.120. The first kappa shape index (κ1) is 15.8. The summed E-state index contributed by atoms with van der Waals surface area (Å²) in [5, 5.41) is 3.89. The molecule has 0 bridgehead atoms. The summed E-state index contributed by atoms with van der Waals surface area (Å²) in [6, 6.07) is 0.765. The predicted octanol–water partition coefficient (Wildman–Crippen LogP) is 2.57. The van der Waals surface area contributed by atoms with E-state index in [9.17, 15) is 0 Å². The van der Waals surface area contributed by atoms with Gasteiger partial charge in [-0.2, -0.15) is 0 Å². The third-order valence-corrected chi connectivity index (χ3v) is 6.39. The number of hydrogen-bond donors (Lipinski definition) is 1. The van der Waals surface area contributed by atoms with Gasteiger partial charge in [0.05, 0.1) is 0 Å². The lowest BCUT2D eigenvalue weighted by atomic mass is 9.88. The number of nitrogens with zero attached hydrogens (tertiary/aromatic N) is 2. The summed E-state index contributed by atoms with van der Waals surface area (Å²) in [6.07, 6.45) is 7.01. The molecule has 3 nitrogen and oxygen atoms in total. The van der Waals surface area contributed by atoms with Gasteiger partial charge in [0.25, 0.3) is 0 Å². The van der Waals surface area contributed by atoms with Gasteiger partial charge in [0, 0.05) is 31.2 Å². The Kier molecular flexibility index (Phi) is 4.92. The van der Waals surface area contributed by atoms with Crippen molar-refractivity contribution in [2.75, 3.05) is 39.3 Å². The maximum atomic E-state index is 3.89. The van der Waals surface area contributed by atoms with Crippen molar-refractivity contribution < 1.29 is 0 Å². The van der Waals surface area contributed by atoms with E-state index >= 15 is 0 Å². The van der Waals surface area contributed by atoms with Crippen LogP contribution in [0.15, 0.2) is 0 Å². The second-order valence-electron chi connectivity index (χ2n) is 7.94. The van der Waals surface area contributed by atoms with Crippen LogP contribution in [0.5, 0.6) is 0 Å². The molecular weight excluding hydrogens is 258 g/mol. The zero-order valence-electron chi connectivity index (χ0n) is 14.4. The van der Waals surface area contributed by atoms with E-state index in [4.69, 9.17) is 0 Å². The Labute approximate surface area is 131 Å². The molecule has 1 saturated carbocycles. The maximum Gasteiger partial charge on any atom is 0.0309 e. The molecule has 3 heteroatoms. The van der Waals surface area contributed by atoms with E-state index in [1.54, 1.807) is 0 Å². The lowest BCUT2D eigenvalue weighted by Gasteiger charge is -2.48. The van der Waals surface area contributed by atoms with Crippen LogP contribution in [0.3, 0.4) is 0 Å². The average Bonchev–Trinajstić information content (AvgIpc) is 3.33. The van der Waals surface area contributed by atoms with Crippen LogP contribution in [0.25, 0.3) is 0 Å². The summed E-state index contributed by atoms with van der Waals surface area (Å²) >= 11 is 0. The van der Waals surface area contributed by atoms with Crippen LogP contribution in [-0.2, 0) is 0 Å². The van der Waals surface area contributed by atoms with Crippen LogP contribution in [0.2, 0.25) is 0 Å². The van der Waals surface area contributed by atoms with Gasteiger partial charge < -0.3 is 10.2 Å². The van der Waals surface area contributed by atoms with E-state index in [0.717, 1.165) is 17.9 Å². The van der Waals surface area contributed by atoms with Gasteiger partial charge in [-0.25, -0.2) is 0 Å². The molecule has 2 atom stereocenters. The number of likely N-dealkylation sites (tertiary alicyclic amines) is 1. The van der Waals surface area contributed by atoms with Crippen molar-refractivity contribution in [2.24, 2.45) is 11.8 Å². The van der Waals surface area contributed by atoms with Crippen LogP contribution in [0, 0.1) is 11.8 Å². The molecule has 1 N–H and O–H groups in total. The smallest absolute Gasteiger partial charge is 0.0309 e. The standard InChI is InChI=1S/C18H35N3/c1-4-17-12-19-18(3,16-6-7-16)14-21(17)13-15-8-10-20(5-2)11-9-15/h15-17,19H,4-14H2,1-3H3. The minimum absolute atomic E-state index is 0.399. The van der Waals surface area contributed by atoms with Crippen molar-refractivity contribution in [1.82, 2.24) is 15.1 Å². The van der Waals surface area contributed by atoms with Gasteiger partial charge in [0.1, 0.15) is 0 Å². The molecule has 0 spiro atoms. The SMILES string of the molecule is CCC1CNC(C)(C2CC2)CN1CC1CCN(CC)CC1. The minimum atomic E-state index is 0.399. The molecular formula is C18H35N3. The molecule has 3 rings (SSSR count). The predicted molar refractivity (Wildman–Crippen MR) is 89.6 cm³/mol. The molecule has 2 saturated heterocycles. The Morgan fingerprint density at radius 1 is 1.10 bits per heavy atom. The van der Waals surface area contributed by atoms with Gasteiger partial charge in [0.15, 0.2) is 0 Å². The van der Waals surface area contributed by atoms with Gasteiger partial charge in [-0.15, -0.1) is 0 Å². The van der Waals surface area contributed by atoms with Crippen molar-refractivity contribution in [3.8, 4) is 0 Å². The van der Waals surface area contributed by atoms with E-state index in [-0.39, 0.29) is 0 Å². The van der Waals surface area contributed by atoms with Gasteiger partial charge in [-0.05, 0) is 70.5 Å². The van der Waals surface area contributed by atoms with Crippen molar-refractivity contribution in [2.45, 2.75) is 64.5 Å². The molecule has 3 aliphatic rings. The highest BCUT2D eigenvalue weighted by molar-refractivity contribution is 5.04. The van der Waals surface area contributed by atoms with Crippen molar-refractivity contribution in [3.63, 3.8) is 0 Å². The van der Waals surface area contributed by atoms with E-state index < -0.39 is 0 Å². The van der Waals surface area contributed by atoms with Gasteiger partial charge in [-0.3, -0.25) is 4.90 Å². The van der Waals surface area contributed by atoms with Crippen LogP contribution in [0.1, 0.15) is 52.9 Å². The highest BCUT2D eigenvalue weighted by Crippen LogP contribution is 2.41. The maximum absolute atomic E-state index is 3.89. The summed E-state index contributed by atoms with van der Waals surface area (Å²) in [4.78, 5) is 5.46. The van der Waals surface area contributed by atoms with Crippen LogP contribution in [0.4, 0.5) is 0 Å². The Morgan fingerprint density at radius 2 is 1.81 bits per heavy atom. The van der Waals surface area contributed by atoms with E-state index in [2.05, 4.69) is 35.9 Å². The van der Waals surface area contributed by atoms with Crippen LogP contribution >= 0.6 is 0 Å². The highest BCUT2D eigenvalue weighted by atomic mass is 15.3. The monoisotopic (exact) mass is 293 g/mol. The molecule has 2 aliphatic heterocycles. The Bertz CT molecular complexity index is 333. The van der Waals surface area contributed by atoms with E-state index in [1.807, 2.05) is 0 Å². The second-order valence-corrected chi connectivity index (χ2v) is 7.94. The van der Waals surface area contributed by atoms with E-state index in [0.29, 0.717) is 5.54 Å². The summed E-state index contributed by atoms with van der Waals surface area (Å²) < 4.78 is 0. The molecule has 3 fully saturated rings. The zero-order chi connectivity index (χ0) is 14.9. The fourth-order valence-corrected chi connectivity index (χ4v) is 4.51. The molecule has 0 radical (unpaired) electrons. The number of piperidine rings is 1. The summed E-state index contributed by atoms with van der Waals surface area (Å²) in [6.45, 7) is 14.8. The topological polar surface area (TPSA) is 18.5 Å². The zero-order valence-corrected chi connectivity index (χ0v) is 14.4. The molecule has 2 unspecified atom stereocenters. The molecule has 0 aromatic carbocycles. The first-order valence-electron chi connectivity index (χ1n) is 9.36. The molecule has 0 aromatic heterocycles. The van der Waals surface area contributed by atoms with Gasteiger partial charge in [-0.1, -0.05) is 13.8 Å². The van der Waals surface area contributed by atoms with Gasteiger partial charge >= 0.3 is 0 Å². The average molecular weight is 293 g/mol. The second kappa shape index (κ2) is 6.55. The fourth-order valence-electron chi connectivity index (χ4n) is 4.51. The third-order valence-electron chi connectivity index (χ3n) is 6.39. The molecule has 2 heterocycles. The van der Waals surface area contributed by atoms with Crippen molar-refractivity contribution >= 4 is 0 Å². The number of hydrogen-bond acceptors (Lipinski definition) is 3. The lowest BCUT2D eigenvalue weighted by Crippen LogP contribution is -2.64. The normalized spacial score (nSPS) is 37.0. The van der Waals surface area contributed by atoms with Crippen LogP contribution < -0.4 is 5.32 Å². The molecule has 1 aliphatic carbocycles. The minimum Gasteiger partial charge on any atom is -0.308 e. The summed E-state index contributed by atoms with van der Waals surface area (Å²) in [7, 11) is 0. The first-order chi connectivity index (χ1) is 10.1. The van der Waals surface area contributed by atoms with Crippen LogP contribution in [-0.4, -0.2) is 60.6 Å². The molecule has 0 aromatic rings. The number of nitrogens with one attached hydrogen (secondary N) is 1. The first-order valence-corrected chi connectivity index (χ1v) is 9.36. The largest absolute Gasteiger partial charge is 0.308 e. The highest BCUT2D eigenvalue weighted by Gasteiger charge is 2.45. The molecule has 0 amide bonds. The Morgan fingerprint density at radius 3 is 2.38 bits per heavy atom.